The number of carboxylic acids is 2. The normalized spacial score (nSPS) is 21.2. The van der Waals surface area contributed by atoms with Crippen LogP contribution in [0, 0.1) is 5.41 Å². The molecule has 0 aromatic heterocycles. The van der Waals surface area contributed by atoms with Crippen molar-refractivity contribution in [2.24, 2.45) is 11.1 Å². The van der Waals surface area contributed by atoms with Crippen molar-refractivity contribution < 1.29 is 19.8 Å². The first-order valence-corrected chi connectivity index (χ1v) is 6.77. The second kappa shape index (κ2) is 5.63. The number of carbonyl (C=O) groups is 2. The topological polar surface area (TPSA) is 101 Å². The summed E-state index contributed by atoms with van der Waals surface area (Å²) in [7, 11) is 0. The van der Waals surface area contributed by atoms with Gasteiger partial charge in [0.05, 0.1) is 11.0 Å². The van der Waals surface area contributed by atoms with Gasteiger partial charge >= 0.3 is 11.9 Å². The summed E-state index contributed by atoms with van der Waals surface area (Å²) in [4.78, 5) is 22.6. The van der Waals surface area contributed by atoms with E-state index in [1.54, 1.807) is 18.2 Å². The number of aromatic carboxylic acids is 1. The lowest BCUT2D eigenvalue weighted by atomic mass is 9.69. The van der Waals surface area contributed by atoms with Gasteiger partial charge in [0.15, 0.2) is 0 Å². The van der Waals surface area contributed by atoms with E-state index in [1.165, 1.54) is 0 Å². The van der Waals surface area contributed by atoms with E-state index in [-0.39, 0.29) is 5.56 Å². The number of fused-ring (bicyclic) bond motifs is 1. The van der Waals surface area contributed by atoms with Gasteiger partial charge in [0, 0.05) is 0 Å². The van der Waals surface area contributed by atoms with Crippen LogP contribution in [-0.4, -0.2) is 28.7 Å². The van der Waals surface area contributed by atoms with Gasteiger partial charge in [0.25, 0.3) is 0 Å². The third-order valence-electron chi connectivity index (χ3n) is 4.17. The van der Waals surface area contributed by atoms with Crippen molar-refractivity contribution >= 4 is 11.9 Å². The number of aliphatic carboxylic acids is 1. The Morgan fingerprint density at radius 1 is 1.25 bits per heavy atom. The molecule has 0 bridgehead atoms. The molecule has 2 rings (SSSR count). The molecule has 20 heavy (non-hydrogen) atoms. The summed E-state index contributed by atoms with van der Waals surface area (Å²) in [5.41, 5.74) is 6.90. The van der Waals surface area contributed by atoms with E-state index in [4.69, 9.17) is 10.8 Å². The predicted octanol–water partition coefficient (Wildman–Crippen LogP) is 1.68. The maximum absolute atomic E-state index is 11.6. The molecule has 0 heterocycles. The molecule has 0 spiro atoms. The molecule has 1 unspecified atom stereocenters. The highest BCUT2D eigenvalue weighted by atomic mass is 16.4. The first-order valence-electron chi connectivity index (χ1n) is 6.77. The Morgan fingerprint density at radius 2 is 2.00 bits per heavy atom. The zero-order chi connectivity index (χ0) is 14.8. The SMILES string of the molecule is NCCCC1(C(=O)O)CCc2cc(C(=O)O)ccc2C1. The minimum Gasteiger partial charge on any atom is -0.481 e. The number of rotatable bonds is 5. The van der Waals surface area contributed by atoms with Gasteiger partial charge in [-0.25, -0.2) is 4.79 Å². The fourth-order valence-corrected chi connectivity index (χ4v) is 2.93. The lowest BCUT2D eigenvalue weighted by Crippen LogP contribution is -2.37. The molecule has 0 aliphatic heterocycles. The van der Waals surface area contributed by atoms with Gasteiger partial charge < -0.3 is 15.9 Å². The minimum absolute atomic E-state index is 0.258. The van der Waals surface area contributed by atoms with Crippen LogP contribution in [0.25, 0.3) is 0 Å². The third-order valence-corrected chi connectivity index (χ3v) is 4.17. The molecule has 0 fully saturated rings. The summed E-state index contributed by atoms with van der Waals surface area (Å²) >= 11 is 0. The van der Waals surface area contributed by atoms with Crippen LogP contribution in [0.1, 0.15) is 40.7 Å². The fourth-order valence-electron chi connectivity index (χ4n) is 2.93. The summed E-state index contributed by atoms with van der Waals surface area (Å²) in [6.45, 7) is 0.486. The second-order valence-corrected chi connectivity index (χ2v) is 5.44. The van der Waals surface area contributed by atoms with Crippen molar-refractivity contribution in [1.82, 2.24) is 0 Å². The van der Waals surface area contributed by atoms with E-state index in [0.29, 0.717) is 38.6 Å². The first-order chi connectivity index (χ1) is 9.48. The van der Waals surface area contributed by atoms with Gasteiger partial charge in [-0.15, -0.1) is 0 Å². The molecule has 1 aliphatic carbocycles. The predicted molar refractivity (Wildman–Crippen MR) is 73.8 cm³/mol. The Morgan fingerprint density at radius 3 is 2.60 bits per heavy atom. The van der Waals surface area contributed by atoms with Crippen molar-refractivity contribution in [3.05, 3.63) is 34.9 Å². The number of carboxylic acid groups (broad SMARTS) is 2. The van der Waals surface area contributed by atoms with Gasteiger partial charge in [-0.05, 0) is 61.9 Å². The van der Waals surface area contributed by atoms with Crippen LogP contribution in [0.4, 0.5) is 0 Å². The van der Waals surface area contributed by atoms with Crippen LogP contribution >= 0.6 is 0 Å². The smallest absolute Gasteiger partial charge is 0.335 e. The molecule has 1 aliphatic rings. The summed E-state index contributed by atoms with van der Waals surface area (Å²) in [5.74, 6) is -1.73. The van der Waals surface area contributed by atoms with Crippen LogP contribution in [0.15, 0.2) is 18.2 Å². The van der Waals surface area contributed by atoms with E-state index in [1.807, 2.05) is 0 Å². The maximum Gasteiger partial charge on any atom is 0.335 e. The quantitative estimate of drug-likeness (QED) is 0.760. The number of nitrogens with two attached hydrogens (primary N) is 1. The number of aryl methyl sites for hydroxylation is 1. The maximum atomic E-state index is 11.6. The molecule has 5 nitrogen and oxygen atoms in total. The number of benzene rings is 1. The fraction of sp³-hybridized carbons (Fsp3) is 0.467. The molecular formula is C15H19NO4. The molecule has 108 valence electrons. The molecule has 0 radical (unpaired) electrons. The van der Waals surface area contributed by atoms with E-state index < -0.39 is 17.4 Å². The van der Waals surface area contributed by atoms with Gasteiger partial charge in [0.2, 0.25) is 0 Å². The zero-order valence-electron chi connectivity index (χ0n) is 11.3. The van der Waals surface area contributed by atoms with Crippen molar-refractivity contribution in [3.63, 3.8) is 0 Å². The monoisotopic (exact) mass is 277 g/mol. The van der Waals surface area contributed by atoms with E-state index in [9.17, 15) is 14.7 Å². The van der Waals surface area contributed by atoms with Crippen molar-refractivity contribution in [2.45, 2.75) is 32.1 Å². The minimum atomic E-state index is -0.953. The largest absolute Gasteiger partial charge is 0.481 e. The van der Waals surface area contributed by atoms with Crippen molar-refractivity contribution in [2.75, 3.05) is 6.54 Å². The highest BCUT2D eigenvalue weighted by Gasteiger charge is 2.40. The Kier molecular flexibility index (Phi) is 4.09. The van der Waals surface area contributed by atoms with E-state index in [2.05, 4.69) is 0 Å². The molecule has 5 heteroatoms. The Labute approximate surface area is 117 Å². The highest BCUT2D eigenvalue weighted by Crippen LogP contribution is 2.39. The number of hydrogen-bond donors (Lipinski definition) is 3. The van der Waals surface area contributed by atoms with E-state index >= 15 is 0 Å². The Bertz CT molecular complexity index is 541. The lowest BCUT2D eigenvalue weighted by Gasteiger charge is -2.34. The van der Waals surface area contributed by atoms with Gasteiger partial charge in [-0.2, -0.15) is 0 Å². The average molecular weight is 277 g/mol. The Hall–Kier alpha value is -1.88. The van der Waals surface area contributed by atoms with Crippen molar-refractivity contribution in [3.8, 4) is 0 Å². The first kappa shape index (κ1) is 14.5. The zero-order valence-corrected chi connectivity index (χ0v) is 11.3. The van der Waals surface area contributed by atoms with Crippen LogP contribution in [-0.2, 0) is 17.6 Å². The summed E-state index contributed by atoms with van der Waals surface area (Å²) in [5, 5.41) is 18.5. The van der Waals surface area contributed by atoms with Gasteiger partial charge in [-0.3, -0.25) is 4.79 Å². The second-order valence-electron chi connectivity index (χ2n) is 5.44. The van der Waals surface area contributed by atoms with Crippen LogP contribution in [0.3, 0.4) is 0 Å². The van der Waals surface area contributed by atoms with Gasteiger partial charge in [0.1, 0.15) is 0 Å². The molecule has 1 aromatic carbocycles. The summed E-state index contributed by atoms with van der Waals surface area (Å²) < 4.78 is 0. The third kappa shape index (κ3) is 2.67. The summed E-state index contributed by atoms with van der Waals surface area (Å²) in [6, 6.07) is 4.95. The standard InChI is InChI=1S/C15H19NO4/c16-7-1-5-15(14(19)20)6-4-10-8-11(13(17)18)2-3-12(10)9-15/h2-3,8H,1,4-7,9,16H2,(H,17,18)(H,19,20). The molecule has 0 amide bonds. The molecule has 0 saturated carbocycles. The molecule has 1 atom stereocenters. The average Bonchev–Trinajstić information content (AvgIpc) is 2.44. The van der Waals surface area contributed by atoms with E-state index in [0.717, 1.165) is 11.1 Å². The Balaban J connectivity index is 2.29. The van der Waals surface area contributed by atoms with Gasteiger partial charge in [-0.1, -0.05) is 6.07 Å². The molecule has 0 saturated heterocycles. The molecular weight excluding hydrogens is 258 g/mol. The molecule has 4 N–H and O–H groups in total. The lowest BCUT2D eigenvalue weighted by molar-refractivity contribution is -0.150. The van der Waals surface area contributed by atoms with Crippen LogP contribution in [0.2, 0.25) is 0 Å². The summed E-state index contributed by atoms with van der Waals surface area (Å²) in [6.07, 6.45) is 2.86. The highest BCUT2D eigenvalue weighted by molar-refractivity contribution is 5.88. The van der Waals surface area contributed by atoms with Crippen molar-refractivity contribution in [1.29, 1.82) is 0 Å². The molecule has 1 aromatic rings. The number of hydrogen-bond acceptors (Lipinski definition) is 3. The van der Waals surface area contributed by atoms with Crippen LogP contribution < -0.4 is 5.73 Å². The van der Waals surface area contributed by atoms with Crippen LogP contribution in [0.5, 0.6) is 0 Å².